The molecule has 14 aromatic rings. The molecule has 0 unspecified atom stereocenters. The van der Waals surface area contributed by atoms with Crippen LogP contribution in [0.3, 0.4) is 0 Å². The van der Waals surface area contributed by atoms with Gasteiger partial charge in [0.2, 0.25) is 0 Å². The van der Waals surface area contributed by atoms with E-state index in [9.17, 15) is 0 Å². The Morgan fingerprint density at radius 3 is 1.76 bits per heavy atom. The highest BCUT2D eigenvalue weighted by molar-refractivity contribution is 7.19. The Hall–Kier alpha value is -9.28. The van der Waals surface area contributed by atoms with Crippen molar-refractivity contribution in [2.45, 2.75) is 5.41 Å². The SMILES string of the molecule is c1ccc(-c2ccc(N(c3ccc4cc(-c5ccc6c(c5)c5ccccc5n6-c5ccc6c(c5)C(c5ccccc5)(c5ccccc5)c5ccccc5-6)ccc4c3)c3cc4ccccc4c4ccccc34)s2)cc1. The van der Waals surface area contributed by atoms with E-state index < -0.39 is 5.41 Å². The number of fused-ring (bicyclic) bond motifs is 10. The molecule has 0 radical (unpaired) electrons. The average Bonchev–Trinajstić information content (AvgIpc) is 4.24. The summed E-state index contributed by atoms with van der Waals surface area (Å²) in [6, 6.07) is 103. The number of anilines is 3. The Bertz CT molecular complexity index is 4450. The van der Waals surface area contributed by atoms with Gasteiger partial charge in [-0.2, -0.15) is 0 Å². The van der Waals surface area contributed by atoms with Crippen molar-refractivity contribution in [3.63, 3.8) is 0 Å². The monoisotopic (exact) mass is 958 g/mol. The number of para-hydroxylation sites is 1. The molecule has 2 heterocycles. The summed E-state index contributed by atoms with van der Waals surface area (Å²) in [7, 11) is 0. The van der Waals surface area contributed by atoms with Gasteiger partial charge >= 0.3 is 0 Å². The van der Waals surface area contributed by atoms with Crippen LogP contribution < -0.4 is 4.90 Å². The quantitative estimate of drug-likeness (QED) is 0.138. The molecule has 0 spiro atoms. The zero-order valence-corrected chi connectivity index (χ0v) is 41.2. The van der Waals surface area contributed by atoms with Crippen LogP contribution in [0, 0.1) is 0 Å². The largest absolute Gasteiger partial charge is 0.309 e. The predicted octanol–water partition coefficient (Wildman–Crippen LogP) is 19.5. The van der Waals surface area contributed by atoms with Crippen LogP contribution in [0.15, 0.2) is 279 Å². The number of thiophene rings is 1. The van der Waals surface area contributed by atoms with Crippen LogP contribution in [0.2, 0.25) is 0 Å². The van der Waals surface area contributed by atoms with E-state index in [4.69, 9.17) is 0 Å². The van der Waals surface area contributed by atoms with Crippen LogP contribution in [-0.4, -0.2) is 4.57 Å². The summed E-state index contributed by atoms with van der Waals surface area (Å²) in [5, 5.41) is 11.0. The van der Waals surface area contributed by atoms with Crippen LogP contribution >= 0.6 is 11.3 Å². The van der Waals surface area contributed by atoms with E-state index in [1.54, 1.807) is 0 Å². The van der Waals surface area contributed by atoms with Crippen molar-refractivity contribution >= 4 is 81.8 Å². The number of rotatable bonds is 8. The first-order valence-electron chi connectivity index (χ1n) is 25.5. The summed E-state index contributed by atoms with van der Waals surface area (Å²) in [5.74, 6) is 0. The summed E-state index contributed by atoms with van der Waals surface area (Å²) in [6.45, 7) is 0. The van der Waals surface area contributed by atoms with Gasteiger partial charge in [0, 0.05) is 32.4 Å². The molecule has 1 aliphatic carbocycles. The molecule has 12 aromatic carbocycles. The van der Waals surface area contributed by atoms with Crippen molar-refractivity contribution in [1.29, 1.82) is 0 Å². The molecule has 0 bridgehead atoms. The van der Waals surface area contributed by atoms with Gasteiger partial charge in [-0.05, 0) is 144 Å². The van der Waals surface area contributed by atoms with Gasteiger partial charge in [-0.3, -0.25) is 0 Å². The summed E-state index contributed by atoms with van der Waals surface area (Å²) < 4.78 is 2.47. The molecule has 0 atom stereocenters. The van der Waals surface area contributed by atoms with Gasteiger partial charge in [0.25, 0.3) is 0 Å². The molecule has 346 valence electrons. The molecule has 0 N–H and O–H groups in total. The second-order valence-corrected chi connectivity index (χ2v) is 20.7. The minimum absolute atomic E-state index is 0.480. The molecule has 0 saturated carbocycles. The van der Waals surface area contributed by atoms with E-state index in [1.807, 2.05) is 11.3 Å². The number of benzene rings is 12. The molecule has 0 fully saturated rings. The van der Waals surface area contributed by atoms with E-state index >= 15 is 0 Å². The van der Waals surface area contributed by atoms with Crippen molar-refractivity contribution in [3.8, 4) is 38.4 Å². The van der Waals surface area contributed by atoms with Crippen molar-refractivity contribution in [2.24, 2.45) is 0 Å². The van der Waals surface area contributed by atoms with Crippen molar-refractivity contribution < 1.29 is 0 Å². The smallest absolute Gasteiger partial charge is 0.101 e. The number of hydrogen-bond acceptors (Lipinski definition) is 2. The van der Waals surface area contributed by atoms with Crippen molar-refractivity contribution in [1.82, 2.24) is 4.57 Å². The molecular weight excluding hydrogens is 913 g/mol. The molecule has 0 saturated heterocycles. The maximum atomic E-state index is 2.47. The van der Waals surface area contributed by atoms with Gasteiger partial charge in [0.1, 0.15) is 5.00 Å². The zero-order valence-electron chi connectivity index (χ0n) is 40.4. The molecule has 1 aliphatic rings. The lowest BCUT2D eigenvalue weighted by Crippen LogP contribution is -2.28. The molecule has 2 nitrogen and oxygen atoms in total. The molecule has 0 amide bonds. The van der Waals surface area contributed by atoms with Crippen LogP contribution in [-0.2, 0) is 5.41 Å². The lowest BCUT2D eigenvalue weighted by molar-refractivity contribution is 0.767. The highest BCUT2D eigenvalue weighted by atomic mass is 32.1. The van der Waals surface area contributed by atoms with Crippen molar-refractivity contribution in [2.75, 3.05) is 4.90 Å². The maximum absolute atomic E-state index is 2.47. The molecule has 2 aromatic heterocycles. The first-order chi connectivity index (χ1) is 36.7. The summed E-state index contributed by atoms with van der Waals surface area (Å²) in [5.41, 5.74) is 16.7. The second kappa shape index (κ2) is 16.9. The van der Waals surface area contributed by atoms with E-state index in [1.165, 1.54) is 120 Å². The lowest BCUT2D eigenvalue weighted by Gasteiger charge is -2.34. The van der Waals surface area contributed by atoms with E-state index in [2.05, 4.69) is 289 Å². The number of aromatic nitrogens is 1. The summed E-state index contributed by atoms with van der Waals surface area (Å²) >= 11 is 1.83. The topological polar surface area (TPSA) is 8.17 Å². The van der Waals surface area contributed by atoms with Gasteiger partial charge in [-0.15, -0.1) is 11.3 Å². The van der Waals surface area contributed by atoms with E-state index in [0.29, 0.717) is 0 Å². The number of nitrogens with zero attached hydrogens (tertiary/aromatic N) is 2. The van der Waals surface area contributed by atoms with Gasteiger partial charge in [0.05, 0.1) is 22.1 Å². The van der Waals surface area contributed by atoms with Gasteiger partial charge < -0.3 is 9.47 Å². The maximum Gasteiger partial charge on any atom is 0.101 e. The Labute approximate surface area is 433 Å². The second-order valence-electron chi connectivity index (χ2n) is 19.6. The first-order valence-corrected chi connectivity index (χ1v) is 26.3. The van der Waals surface area contributed by atoms with Gasteiger partial charge in [-0.1, -0.05) is 212 Å². The fourth-order valence-electron chi connectivity index (χ4n) is 12.4. The Balaban J connectivity index is 0.848. The van der Waals surface area contributed by atoms with Gasteiger partial charge in [0.15, 0.2) is 0 Å². The van der Waals surface area contributed by atoms with Crippen LogP contribution in [0.5, 0.6) is 0 Å². The third-order valence-electron chi connectivity index (χ3n) is 15.6. The third kappa shape index (κ3) is 6.50. The molecule has 0 aliphatic heterocycles. The van der Waals surface area contributed by atoms with E-state index in [-0.39, 0.29) is 0 Å². The first kappa shape index (κ1) is 42.4. The Morgan fingerprint density at radius 2 is 0.946 bits per heavy atom. The van der Waals surface area contributed by atoms with E-state index in [0.717, 1.165) is 11.4 Å². The molecule has 3 heteroatoms. The zero-order chi connectivity index (χ0) is 48.7. The standard InChI is InChI=1S/C71H46N2S/c1-4-18-47(19-5-1)69-40-41-70(74-69)73(68-45-52-20-10-11-25-57(52)58-26-12-13-28-61(58)68)55-36-34-49-42-48(32-33-50(49)43-55)51-35-39-67-63(44-51)62-29-15-17-31-66(62)72(67)56-37-38-60-59-27-14-16-30-64(59)71(65(60)46-56,53-21-6-2-7-22-53)54-23-8-3-9-24-54/h1-46H. The molecular formula is C71H46N2S. The summed E-state index contributed by atoms with van der Waals surface area (Å²) in [4.78, 5) is 3.71. The van der Waals surface area contributed by atoms with Crippen molar-refractivity contribution in [3.05, 3.63) is 301 Å². The van der Waals surface area contributed by atoms with Crippen LogP contribution in [0.1, 0.15) is 22.3 Å². The lowest BCUT2D eigenvalue weighted by atomic mass is 9.67. The fourth-order valence-corrected chi connectivity index (χ4v) is 13.4. The normalized spacial score (nSPS) is 12.7. The Morgan fingerprint density at radius 1 is 0.338 bits per heavy atom. The van der Waals surface area contributed by atoms with Crippen LogP contribution in [0.25, 0.3) is 92.5 Å². The predicted molar refractivity (Wildman–Crippen MR) is 314 cm³/mol. The minimum Gasteiger partial charge on any atom is -0.309 e. The van der Waals surface area contributed by atoms with Gasteiger partial charge in [-0.25, -0.2) is 0 Å². The number of hydrogen-bond donors (Lipinski definition) is 0. The third-order valence-corrected chi connectivity index (χ3v) is 16.8. The molecule has 74 heavy (non-hydrogen) atoms. The Kier molecular flexibility index (Phi) is 9.70. The molecule has 15 rings (SSSR count). The average molecular weight is 959 g/mol. The fraction of sp³-hybridized carbons (Fsp3) is 0.0141. The highest BCUT2D eigenvalue weighted by Gasteiger charge is 2.46. The summed E-state index contributed by atoms with van der Waals surface area (Å²) in [6.07, 6.45) is 0. The van der Waals surface area contributed by atoms with Crippen LogP contribution in [0.4, 0.5) is 16.4 Å². The highest BCUT2D eigenvalue weighted by Crippen LogP contribution is 2.57. The minimum atomic E-state index is -0.480.